The molecule has 0 aliphatic heterocycles. The van der Waals surface area contributed by atoms with Crippen molar-refractivity contribution in [2.24, 2.45) is 0 Å². The Balaban J connectivity index is 2.39. The number of fused-ring (bicyclic) bond motifs is 5. The lowest BCUT2D eigenvalue weighted by atomic mass is 10.1. The summed E-state index contributed by atoms with van der Waals surface area (Å²) in [6, 6.07) is 11.6. The van der Waals surface area contributed by atoms with E-state index in [9.17, 15) is 9.18 Å². The zero-order valence-corrected chi connectivity index (χ0v) is 9.74. The van der Waals surface area contributed by atoms with Crippen molar-refractivity contribution in [2.45, 2.75) is 0 Å². The highest BCUT2D eigenvalue weighted by Gasteiger charge is 2.13. The molecule has 4 rings (SSSR count). The first-order valence-corrected chi connectivity index (χ1v) is 5.87. The van der Waals surface area contributed by atoms with Crippen LogP contribution >= 0.6 is 0 Å². The van der Waals surface area contributed by atoms with Crippen molar-refractivity contribution in [2.75, 3.05) is 0 Å². The maximum Gasteiger partial charge on any atom is 0.346 e. The Morgan fingerprint density at radius 2 is 1.89 bits per heavy atom. The molecule has 0 unspecified atom stereocenters. The van der Waals surface area contributed by atoms with Crippen molar-refractivity contribution in [3.63, 3.8) is 0 Å². The second kappa shape index (κ2) is 3.45. The molecule has 4 heteroatoms. The quantitative estimate of drug-likeness (QED) is 0.487. The smallest absolute Gasteiger partial charge is 0.346 e. The van der Waals surface area contributed by atoms with Gasteiger partial charge in [0.25, 0.3) is 0 Å². The molecule has 0 aliphatic rings. The third kappa shape index (κ3) is 1.34. The summed E-state index contributed by atoms with van der Waals surface area (Å²) in [6.45, 7) is 0. The van der Waals surface area contributed by atoms with E-state index in [2.05, 4.69) is 4.98 Å². The monoisotopic (exact) mass is 253 g/mol. The fraction of sp³-hybridized carbons (Fsp3) is 0. The lowest BCUT2D eigenvalue weighted by Crippen LogP contribution is -1.98. The average Bonchev–Trinajstić information content (AvgIpc) is 2.80. The van der Waals surface area contributed by atoms with E-state index in [1.807, 2.05) is 24.3 Å². The van der Waals surface area contributed by atoms with Gasteiger partial charge in [0.2, 0.25) is 0 Å². The predicted octanol–water partition coefficient (Wildman–Crippen LogP) is 3.57. The Hall–Kier alpha value is -2.62. The lowest BCUT2D eigenvalue weighted by Gasteiger charge is -1.98. The van der Waals surface area contributed by atoms with Crippen molar-refractivity contribution in [1.29, 1.82) is 0 Å². The number of para-hydroxylation sites is 1. The fourth-order valence-corrected chi connectivity index (χ4v) is 2.49. The molecular formula is C15H8FNO2. The lowest BCUT2D eigenvalue weighted by molar-refractivity contribution is 0.567. The van der Waals surface area contributed by atoms with Crippen LogP contribution in [0.15, 0.2) is 51.7 Å². The van der Waals surface area contributed by atoms with E-state index in [1.54, 1.807) is 0 Å². The van der Waals surface area contributed by atoms with Crippen molar-refractivity contribution in [3.05, 3.63) is 58.7 Å². The summed E-state index contributed by atoms with van der Waals surface area (Å²) in [5, 5.41) is 1.83. The summed E-state index contributed by atoms with van der Waals surface area (Å²) < 4.78 is 18.6. The second-order valence-corrected chi connectivity index (χ2v) is 4.45. The van der Waals surface area contributed by atoms with Crippen LogP contribution in [0.1, 0.15) is 0 Å². The van der Waals surface area contributed by atoms with Gasteiger partial charge in [-0.2, -0.15) is 0 Å². The highest BCUT2D eigenvalue weighted by molar-refractivity contribution is 6.14. The summed E-state index contributed by atoms with van der Waals surface area (Å²) in [5.41, 5.74) is 1.42. The van der Waals surface area contributed by atoms with Crippen molar-refractivity contribution >= 4 is 32.8 Å². The molecular weight excluding hydrogens is 245 g/mol. The zero-order chi connectivity index (χ0) is 13.0. The van der Waals surface area contributed by atoms with Gasteiger partial charge in [0.1, 0.15) is 11.4 Å². The Morgan fingerprint density at radius 1 is 1.05 bits per heavy atom. The van der Waals surface area contributed by atoms with Crippen LogP contribution in [0.2, 0.25) is 0 Å². The fourth-order valence-electron chi connectivity index (χ4n) is 2.49. The number of rotatable bonds is 0. The van der Waals surface area contributed by atoms with Crippen LogP contribution in [0.3, 0.4) is 0 Å². The number of hydrogen-bond acceptors (Lipinski definition) is 2. The van der Waals surface area contributed by atoms with Crippen molar-refractivity contribution in [1.82, 2.24) is 4.98 Å². The van der Waals surface area contributed by atoms with Gasteiger partial charge in [-0.1, -0.05) is 18.2 Å². The molecule has 0 radical (unpaired) electrons. The first kappa shape index (κ1) is 10.3. The van der Waals surface area contributed by atoms with E-state index in [1.165, 1.54) is 18.2 Å². The van der Waals surface area contributed by atoms with Gasteiger partial charge in [-0.25, -0.2) is 9.18 Å². The molecule has 0 atom stereocenters. The van der Waals surface area contributed by atoms with Crippen LogP contribution in [0.25, 0.3) is 32.8 Å². The maximum absolute atomic E-state index is 13.4. The van der Waals surface area contributed by atoms with E-state index in [-0.39, 0.29) is 5.82 Å². The summed E-state index contributed by atoms with van der Waals surface area (Å²) in [4.78, 5) is 15.2. The molecule has 92 valence electrons. The number of hydrogen-bond donors (Lipinski definition) is 1. The molecule has 0 spiro atoms. The maximum atomic E-state index is 13.4. The molecule has 4 aromatic rings. The van der Waals surface area contributed by atoms with Crippen LogP contribution < -0.4 is 5.63 Å². The molecule has 0 amide bonds. The molecule has 2 heterocycles. The van der Waals surface area contributed by atoms with Gasteiger partial charge in [-0.3, -0.25) is 0 Å². The molecule has 1 N–H and O–H groups in total. The third-order valence-electron chi connectivity index (χ3n) is 3.32. The normalized spacial score (nSPS) is 11.6. The Morgan fingerprint density at radius 3 is 2.79 bits per heavy atom. The third-order valence-corrected chi connectivity index (χ3v) is 3.32. The van der Waals surface area contributed by atoms with Gasteiger partial charge < -0.3 is 9.40 Å². The van der Waals surface area contributed by atoms with E-state index in [0.717, 1.165) is 10.9 Å². The number of H-pyrrole nitrogens is 1. The Labute approximate surface area is 106 Å². The summed E-state index contributed by atoms with van der Waals surface area (Å²) >= 11 is 0. The summed E-state index contributed by atoms with van der Waals surface area (Å²) in [6.07, 6.45) is 0. The number of aromatic amines is 1. The molecule has 19 heavy (non-hydrogen) atoms. The van der Waals surface area contributed by atoms with E-state index in [4.69, 9.17) is 4.42 Å². The van der Waals surface area contributed by atoms with Crippen LogP contribution in [0.4, 0.5) is 4.39 Å². The topological polar surface area (TPSA) is 46.0 Å². The number of nitrogens with one attached hydrogen (secondary N) is 1. The van der Waals surface area contributed by atoms with Gasteiger partial charge in [0, 0.05) is 16.3 Å². The minimum atomic E-state index is -0.411. The van der Waals surface area contributed by atoms with Crippen LogP contribution in [0, 0.1) is 5.82 Å². The van der Waals surface area contributed by atoms with E-state index < -0.39 is 5.63 Å². The van der Waals surface area contributed by atoms with Crippen LogP contribution in [-0.4, -0.2) is 4.98 Å². The van der Waals surface area contributed by atoms with E-state index in [0.29, 0.717) is 21.9 Å². The van der Waals surface area contributed by atoms with Crippen molar-refractivity contribution in [3.8, 4) is 0 Å². The molecule has 2 aromatic carbocycles. The van der Waals surface area contributed by atoms with Gasteiger partial charge >= 0.3 is 5.63 Å². The van der Waals surface area contributed by atoms with Gasteiger partial charge in [0.05, 0.1) is 10.9 Å². The molecule has 3 nitrogen and oxygen atoms in total. The second-order valence-electron chi connectivity index (χ2n) is 4.45. The molecule has 0 saturated heterocycles. The minimum absolute atomic E-state index is 0.360. The molecule has 0 aliphatic carbocycles. The summed E-state index contributed by atoms with van der Waals surface area (Å²) in [7, 11) is 0. The number of halogens is 1. The SMILES string of the molecule is O=c1oc2ccc(F)cc2c2[nH]c3ccccc3c12. The Bertz CT molecular complexity index is 997. The average molecular weight is 253 g/mol. The van der Waals surface area contributed by atoms with Crippen LogP contribution in [0.5, 0.6) is 0 Å². The predicted molar refractivity (Wildman–Crippen MR) is 71.8 cm³/mol. The summed E-state index contributed by atoms with van der Waals surface area (Å²) in [5.74, 6) is -0.360. The number of benzene rings is 2. The first-order chi connectivity index (χ1) is 9.24. The molecule has 0 saturated carbocycles. The molecule has 2 aromatic heterocycles. The van der Waals surface area contributed by atoms with Crippen molar-refractivity contribution < 1.29 is 8.81 Å². The van der Waals surface area contributed by atoms with Gasteiger partial charge in [0.15, 0.2) is 0 Å². The highest BCUT2D eigenvalue weighted by Crippen LogP contribution is 2.28. The highest BCUT2D eigenvalue weighted by atomic mass is 19.1. The zero-order valence-electron chi connectivity index (χ0n) is 9.74. The standard InChI is InChI=1S/C15H8FNO2/c16-8-5-6-12-10(7-8)14-13(15(18)19-12)9-3-1-2-4-11(9)17-14/h1-7,17H. The van der Waals surface area contributed by atoms with Crippen LogP contribution in [-0.2, 0) is 0 Å². The number of aromatic nitrogens is 1. The van der Waals surface area contributed by atoms with Gasteiger partial charge in [-0.15, -0.1) is 0 Å². The first-order valence-electron chi connectivity index (χ1n) is 5.87. The largest absolute Gasteiger partial charge is 0.422 e. The molecule has 0 fully saturated rings. The molecule has 0 bridgehead atoms. The van der Waals surface area contributed by atoms with E-state index >= 15 is 0 Å². The Kier molecular flexibility index (Phi) is 1.87. The van der Waals surface area contributed by atoms with Gasteiger partial charge in [-0.05, 0) is 24.3 Å². The minimum Gasteiger partial charge on any atom is -0.422 e.